The number of hydrogen-bond donors (Lipinski definition) is 4. The standard InChI is InChI=1S/C12H13N5O3/c1-7(10-13-6-14-17-10)15-12(20)16-9-5-3-2-4-8(9)11(18)19/h2-7H,1H3,(H,18,19)(H,13,14,17)(H2,15,16,20). The van der Waals surface area contributed by atoms with Crippen LogP contribution in [0.25, 0.3) is 0 Å². The molecule has 0 spiro atoms. The van der Waals surface area contributed by atoms with Crippen molar-refractivity contribution in [3.63, 3.8) is 0 Å². The van der Waals surface area contributed by atoms with Crippen molar-refractivity contribution in [3.05, 3.63) is 42.0 Å². The van der Waals surface area contributed by atoms with E-state index in [1.54, 1.807) is 19.1 Å². The van der Waals surface area contributed by atoms with Crippen molar-refractivity contribution in [2.24, 2.45) is 0 Å². The summed E-state index contributed by atoms with van der Waals surface area (Å²) in [5.41, 5.74) is 0.247. The number of aromatic nitrogens is 3. The maximum absolute atomic E-state index is 11.8. The minimum Gasteiger partial charge on any atom is -0.478 e. The summed E-state index contributed by atoms with van der Waals surface area (Å²) in [6.07, 6.45) is 1.34. The van der Waals surface area contributed by atoms with Gasteiger partial charge in [0.1, 0.15) is 12.2 Å². The fraction of sp³-hybridized carbons (Fsp3) is 0.167. The van der Waals surface area contributed by atoms with E-state index in [-0.39, 0.29) is 17.3 Å². The van der Waals surface area contributed by atoms with Crippen LogP contribution >= 0.6 is 0 Å². The number of rotatable bonds is 4. The highest BCUT2D eigenvalue weighted by molar-refractivity contribution is 5.99. The Hall–Kier alpha value is -2.90. The van der Waals surface area contributed by atoms with Crippen LogP contribution in [0.5, 0.6) is 0 Å². The molecule has 104 valence electrons. The van der Waals surface area contributed by atoms with Crippen LogP contribution in [0, 0.1) is 0 Å². The molecule has 0 aliphatic heterocycles. The Morgan fingerprint density at radius 2 is 2.10 bits per heavy atom. The molecule has 2 aromatic rings. The highest BCUT2D eigenvalue weighted by atomic mass is 16.4. The van der Waals surface area contributed by atoms with Crippen LogP contribution in [0.3, 0.4) is 0 Å². The van der Waals surface area contributed by atoms with Crippen LogP contribution in [0.2, 0.25) is 0 Å². The molecule has 0 aliphatic carbocycles. The molecule has 1 heterocycles. The van der Waals surface area contributed by atoms with Crippen molar-refractivity contribution in [3.8, 4) is 0 Å². The second-order valence-corrected chi connectivity index (χ2v) is 4.04. The predicted molar refractivity (Wildman–Crippen MR) is 70.4 cm³/mol. The maximum atomic E-state index is 11.8. The number of hydrogen-bond acceptors (Lipinski definition) is 4. The Morgan fingerprint density at radius 3 is 2.75 bits per heavy atom. The lowest BCUT2D eigenvalue weighted by Crippen LogP contribution is -2.32. The third-order valence-corrected chi connectivity index (χ3v) is 2.60. The van der Waals surface area contributed by atoms with E-state index in [1.165, 1.54) is 18.5 Å². The highest BCUT2D eigenvalue weighted by Gasteiger charge is 2.14. The van der Waals surface area contributed by atoms with E-state index >= 15 is 0 Å². The van der Waals surface area contributed by atoms with Gasteiger partial charge in [-0.2, -0.15) is 5.10 Å². The number of anilines is 1. The van der Waals surface area contributed by atoms with E-state index in [9.17, 15) is 9.59 Å². The van der Waals surface area contributed by atoms with E-state index in [2.05, 4.69) is 25.8 Å². The predicted octanol–water partition coefficient (Wildman–Crippen LogP) is 1.39. The van der Waals surface area contributed by atoms with Gasteiger partial charge in [-0.25, -0.2) is 14.6 Å². The molecule has 8 nitrogen and oxygen atoms in total. The fourth-order valence-electron chi connectivity index (χ4n) is 1.63. The lowest BCUT2D eigenvalue weighted by Gasteiger charge is -2.13. The molecule has 4 N–H and O–H groups in total. The fourth-order valence-corrected chi connectivity index (χ4v) is 1.63. The molecule has 0 saturated heterocycles. The van der Waals surface area contributed by atoms with Gasteiger partial charge in [-0.1, -0.05) is 12.1 Å². The first-order chi connectivity index (χ1) is 9.58. The van der Waals surface area contributed by atoms with Crippen LogP contribution in [-0.2, 0) is 0 Å². The monoisotopic (exact) mass is 275 g/mol. The number of nitrogens with zero attached hydrogens (tertiary/aromatic N) is 2. The Bertz CT molecular complexity index is 611. The molecule has 0 bridgehead atoms. The number of amides is 2. The van der Waals surface area contributed by atoms with Crippen molar-refractivity contribution in [2.75, 3.05) is 5.32 Å². The molecular weight excluding hydrogens is 262 g/mol. The van der Waals surface area contributed by atoms with Gasteiger partial charge in [0.2, 0.25) is 0 Å². The summed E-state index contributed by atoms with van der Waals surface area (Å²) in [6, 6.07) is 5.25. The molecule has 1 unspecified atom stereocenters. The first-order valence-electron chi connectivity index (χ1n) is 5.83. The number of benzene rings is 1. The number of para-hydroxylation sites is 1. The second kappa shape index (κ2) is 5.83. The van der Waals surface area contributed by atoms with Crippen molar-refractivity contribution in [1.29, 1.82) is 0 Å². The molecule has 0 saturated carbocycles. The highest BCUT2D eigenvalue weighted by Crippen LogP contribution is 2.15. The first kappa shape index (κ1) is 13.5. The topological polar surface area (TPSA) is 120 Å². The van der Waals surface area contributed by atoms with E-state index in [4.69, 9.17) is 5.11 Å². The number of nitrogens with one attached hydrogen (secondary N) is 3. The van der Waals surface area contributed by atoms with Crippen LogP contribution < -0.4 is 10.6 Å². The minimum atomic E-state index is -1.11. The SMILES string of the molecule is CC(NC(=O)Nc1ccccc1C(=O)O)c1ncn[nH]1. The molecule has 20 heavy (non-hydrogen) atoms. The largest absolute Gasteiger partial charge is 0.478 e. The summed E-state index contributed by atoms with van der Waals surface area (Å²) in [4.78, 5) is 26.8. The maximum Gasteiger partial charge on any atom is 0.337 e. The van der Waals surface area contributed by atoms with Crippen molar-refractivity contribution in [1.82, 2.24) is 20.5 Å². The molecule has 1 atom stereocenters. The Balaban J connectivity index is 2.03. The lowest BCUT2D eigenvalue weighted by molar-refractivity contribution is 0.0698. The molecule has 1 aromatic heterocycles. The number of urea groups is 1. The van der Waals surface area contributed by atoms with Crippen molar-refractivity contribution >= 4 is 17.7 Å². The van der Waals surface area contributed by atoms with Gasteiger partial charge in [-0.3, -0.25) is 5.10 Å². The van der Waals surface area contributed by atoms with E-state index in [0.717, 1.165) is 0 Å². The van der Waals surface area contributed by atoms with Gasteiger partial charge in [0.15, 0.2) is 0 Å². The zero-order valence-electron chi connectivity index (χ0n) is 10.6. The summed E-state index contributed by atoms with van der Waals surface area (Å²) < 4.78 is 0. The minimum absolute atomic E-state index is 0.0231. The van der Waals surface area contributed by atoms with Gasteiger partial charge >= 0.3 is 12.0 Å². The van der Waals surface area contributed by atoms with Gasteiger partial charge in [0.05, 0.1) is 17.3 Å². The first-order valence-corrected chi connectivity index (χ1v) is 5.83. The zero-order chi connectivity index (χ0) is 14.5. The number of carboxylic acids is 1. The smallest absolute Gasteiger partial charge is 0.337 e. The molecule has 1 aromatic carbocycles. The number of carboxylic acid groups (broad SMARTS) is 1. The average Bonchev–Trinajstić information content (AvgIpc) is 2.92. The number of aromatic carboxylic acids is 1. The molecule has 2 rings (SSSR count). The third kappa shape index (κ3) is 3.10. The van der Waals surface area contributed by atoms with Crippen LogP contribution in [0.1, 0.15) is 29.1 Å². The van der Waals surface area contributed by atoms with Gasteiger partial charge in [-0.15, -0.1) is 0 Å². The van der Waals surface area contributed by atoms with Gasteiger partial charge in [0, 0.05) is 0 Å². The Kier molecular flexibility index (Phi) is 3.94. The normalized spacial score (nSPS) is 11.7. The molecular formula is C12H13N5O3. The summed E-state index contributed by atoms with van der Waals surface area (Å²) in [7, 11) is 0. The zero-order valence-corrected chi connectivity index (χ0v) is 10.6. The van der Waals surface area contributed by atoms with Crippen LogP contribution in [0.15, 0.2) is 30.6 Å². The van der Waals surface area contributed by atoms with Gasteiger partial charge in [0.25, 0.3) is 0 Å². The summed E-state index contributed by atoms with van der Waals surface area (Å²) in [5, 5.41) is 20.5. The van der Waals surface area contributed by atoms with Gasteiger partial charge < -0.3 is 15.7 Å². The number of carbonyl (C=O) groups excluding carboxylic acids is 1. The van der Waals surface area contributed by atoms with E-state index in [1.807, 2.05) is 0 Å². The van der Waals surface area contributed by atoms with Crippen LogP contribution in [0.4, 0.5) is 10.5 Å². The second-order valence-electron chi connectivity index (χ2n) is 4.04. The summed E-state index contributed by atoms with van der Waals surface area (Å²) in [5.74, 6) is -0.601. The molecule has 0 fully saturated rings. The molecule has 0 aliphatic rings. The Morgan fingerprint density at radius 1 is 1.35 bits per heavy atom. The van der Waals surface area contributed by atoms with Crippen molar-refractivity contribution < 1.29 is 14.7 Å². The van der Waals surface area contributed by atoms with Crippen molar-refractivity contribution in [2.45, 2.75) is 13.0 Å². The summed E-state index contributed by atoms with van der Waals surface area (Å²) in [6.45, 7) is 1.73. The van der Waals surface area contributed by atoms with E-state index < -0.39 is 12.0 Å². The third-order valence-electron chi connectivity index (χ3n) is 2.60. The molecule has 0 radical (unpaired) electrons. The Labute approximate surface area is 114 Å². The average molecular weight is 275 g/mol. The number of H-pyrrole nitrogens is 1. The quantitative estimate of drug-likeness (QED) is 0.672. The molecule has 8 heteroatoms. The summed E-state index contributed by atoms with van der Waals surface area (Å²) >= 11 is 0. The number of aromatic amines is 1. The van der Waals surface area contributed by atoms with Gasteiger partial charge in [-0.05, 0) is 19.1 Å². The number of carbonyl (C=O) groups is 2. The molecule has 2 amide bonds. The lowest BCUT2D eigenvalue weighted by atomic mass is 10.2. The van der Waals surface area contributed by atoms with Crippen LogP contribution in [-0.4, -0.2) is 32.3 Å². The van der Waals surface area contributed by atoms with E-state index in [0.29, 0.717) is 5.82 Å².